The van der Waals surface area contributed by atoms with E-state index in [0.29, 0.717) is 22.6 Å². The van der Waals surface area contributed by atoms with Gasteiger partial charge in [0.15, 0.2) is 5.75 Å². The molecule has 0 saturated heterocycles. The lowest BCUT2D eigenvalue weighted by molar-refractivity contribution is -0.123. The first kappa shape index (κ1) is 20.7. The van der Waals surface area contributed by atoms with Crippen molar-refractivity contribution in [2.45, 2.75) is 65.3 Å². The van der Waals surface area contributed by atoms with Gasteiger partial charge >= 0.3 is 6.16 Å². The van der Waals surface area contributed by atoms with Crippen LogP contribution in [0.4, 0.5) is 9.80 Å². The summed E-state index contributed by atoms with van der Waals surface area (Å²) in [5.41, 5.74) is 0. The smallest absolute Gasteiger partial charge is 0.437 e. The Morgan fingerprint density at radius 2 is 1.86 bits per heavy atom. The number of anilines is 1. The molecule has 152 valence electrons. The van der Waals surface area contributed by atoms with Crippen molar-refractivity contribution >= 4 is 28.4 Å². The molecule has 0 aromatic carbocycles. The van der Waals surface area contributed by atoms with E-state index in [1.54, 1.807) is 11.0 Å². The Bertz CT molecular complexity index is 776. The first-order valence-electron chi connectivity index (χ1n) is 10.1. The van der Waals surface area contributed by atoms with Gasteiger partial charge in [-0.25, -0.2) is 4.79 Å². The number of thiophene rings is 1. The summed E-state index contributed by atoms with van der Waals surface area (Å²) in [5, 5.41) is 0.643. The van der Waals surface area contributed by atoms with Gasteiger partial charge in [0.1, 0.15) is 5.00 Å². The fourth-order valence-electron chi connectivity index (χ4n) is 3.49. The summed E-state index contributed by atoms with van der Waals surface area (Å²) in [6.07, 6.45) is 5.49. The van der Waals surface area contributed by atoms with Gasteiger partial charge in [-0.15, -0.1) is 11.3 Å². The minimum Gasteiger partial charge on any atom is -0.437 e. The zero-order chi connectivity index (χ0) is 20.3. The largest absolute Gasteiger partial charge is 0.513 e. The lowest BCUT2D eigenvalue weighted by atomic mass is 9.82. The minimum atomic E-state index is -0.789. The maximum atomic E-state index is 13.4. The number of hydrogen-bond acceptors (Lipinski definition) is 5. The number of nitrogens with zero attached hydrogens (tertiary/aromatic N) is 1. The van der Waals surface area contributed by atoms with Crippen LogP contribution in [0.25, 0.3) is 0 Å². The highest BCUT2D eigenvalue weighted by Crippen LogP contribution is 2.41. The van der Waals surface area contributed by atoms with Crippen molar-refractivity contribution in [3.63, 3.8) is 0 Å². The van der Waals surface area contributed by atoms with Crippen molar-refractivity contribution in [2.75, 3.05) is 12.0 Å². The fraction of sp³-hybridized carbons (Fsp3) is 0.636. The number of carbonyl (C=O) groups is 2. The second kappa shape index (κ2) is 9.00. The Balaban J connectivity index is 1.90. The summed E-state index contributed by atoms with van der Waals surface area (Å²) < 4.78 is 10.0. The highest BCUT2D eigenvalue weighted by molar-refractivity contribution is 7.17. The van der Waals surface area contributed by atoms with E-state index < -0.39 is 6.16 Å². The first-order chi connectivity index (χ1) is 13.4. The molecule has 1 amide bonds. The van der Waals surface area contributed by atoms with E-state index in [9.17, 15) is 9.59 Å². The van der Waals surface area contributed by atoms with Gasteiger partial charge in [0, 0.05) is 23.9 Å². The molecule has 0 atom stereocenters. The molecular weight excluding hydrogens is 374 g/mol. The first-order valence-corrected chi connectivity index (χ1v) is 10.9. The molecule has 3 rings (SSSR count). The molecule has 2 fully saturated rings. The molecule has 0 radical (unpaired) electrons. The standard InChI is InChI=1S/C22H29NO4S/c1-14(2)23(20(24)17-10-5-15(3)6-11-17)21-19(27-22(25)26-4)13-18(28-21)12-9-16-7-8-16/h13-17H,5-8,10-11H2,1-4H3. The van der Waals surface area contributed by atoms with Crippen LogP contribution in [0, 0.1) is 29.6 Å². The molecule has 1 aromatic rings. The number of rotatable bonds is 4. The average Bonchev–Trinajstić information content (AvgIpc) is 3.42. The Morgan fingerprint density at radius 1 is 1.18 bits per heavy atom. The van der Waals surface area contributed by atoms with Gasteiger partial charge in [-0.05, 0) is 58.3 Å². The molecule has 1 heterocycles. The highest BCUT2D eigenvalue weighted by Gasteiger charge is 2.33. The summed E-state index contributed by atoms with van der Waals surface area (Å²) in [6, 6.07) is 1.70. The van der Waals surface area contributed by atoms with E-state index in [0.717, 1.165) is 43.4 Å². The Morgan fingerprint density at radius 3 is 2.43 bits per heavy atom. The maximum Gasteiger partial charge on any atom is 0.513 e. The molecule has 0 N–H and O–H groups in total. The third kappa shape index (κ3) is 5.08. The van der Waals surface area contributed by atoms with Crippen LogP contribution in [0.2, 0.25) is 0 Å². The van der Waals surface area contributed by atoms with Gasteiger partial charge in [0.05, 0.1) is 12.0 Å². The van der Waals surface area contributed by atoms with E-state index in [1.165, 1.54) is 18.4 Å². The average molecular weight is 404 g/mol. The van der Waals surface area contributed by atoms with Crippen LogP contribution >= 0.6 is 11.3 Å². The van der Waals surface area contributed by atoms with E-state index in [2.05, 4.69) is 23.5 Å². The summed E-state index contributed by atoms with van der Waals surface area (Å²) in [6.45, 7) is 6.22. The molecule has 0 bridgehead atoms. The zero-order valence-corrected chi connectivity index (χ0v) is 17.9. The molecule has 0 spiro atoms. The van der Waals surface area contributed by atoms with E-state index in [1.807, 2.05) is 13.8 Å². The number of carbonyl (C=O) groups excluding carboxylic acids is 2. The van der Waals surface area contributed by atoms with Crippen LogP contribution in [0.3, 0.4) is 0 Å². The predicted molar refractivity (Wildman–Crippen MR) is 111 cm³/mol. The van der Waals surface area contributed by atoms with Crippen LogP contribution in [0.15, 0.2) is 6.07 Å². The quantitative estimate of drug-likeness (QED) is 0.511. The molecule has 2 aliphatic rings. The molecular formula is C22H29NO4S. The van der Waals surface area contributed by atoms with Crippen LogP contribution < -0.4 is 9.64 Å². The Hall–Kier alpha value is -2.00. The van der Waals surface area contributed by atoms with Crippen LogP contribution in [0.5, 0.6) is 5.75 Å². The van der Waals surface area contributed by atoms with Gasteiger partial charge in [0.25, 0.3) is 0 Å². The maximum absolute atomic E-state index is 13.4. The SMILES string of the molecule is COC(=O)Oc1cc(C#CC2CC2)sc1N(C(=O)C1CCC(C)CC1)C(C)C. The molecule has 6 heteroatoms. The summed E-state index contributed by atoms with van der Waals surface area (Å²) >= 11 is 1.41. The normalized spacial score (nSPS) is 21.6. The Labute approximate surface area is 171 Å². The van der Waals surface area contributed by atoms with Gasteiger partial charge < -0.3 is 9.47 Å². The zero-order valence-electron chi connectivity index (χ0n) is 17.1. The van der Waals surface area contributed by atoms with E-state index >= 15 is 0 Å². The third-order valence-corrected chi connectivity index (χ3v) is 6.39. The molecule has 5 nitrogen and oxygen atoms in total. The summed E-state index contributed by atoms with van der Waals surface area (Å²) in [7, 11) is 1.27. The van der Waals surface area contributed by atoms with Crippen LogP contribution in [0.1, 0.15) is 64.2 Å². The number of methoxy groups -OCH3 is 1. The van der Waals surface area contributed by atoms with E-state index in [4.69, 9.17) is 4.74 Å². The second-order valence-electron chi connectivity index (χ2n) is 8.14. The predicted octanol–water partition coefficient (Wildman–Crippen LogP) is 5.22. The topological polar surface area (TPSA) is 55.8 Å². The number of amides is 1. The second-order valence-corrected chi connectivity index (χ2v) is 9.17. The Kier molecular flexibility index (Phi) is 6.66. The lowest BCUT2D eigenvalue weighted by Gasteiger charge is -2.33. The van der Waals surface area contributed by atoms with Crippen LogP contribution in [-0.4, -0.2) is 25.2 Å². The monoisotopic (exact) mass is 403 g/mol. The van der Waals surface area contributed by atoms with Gasteiger partial charge in [0.2, 0.25) is 5.91 Å². The van der Waals surface area contributed by atoms with Gasteiger partial charge in [-0.1, -0.05) is 18.8 Å². The highest BCUT2D eigenvalue weighted by atomic mass is 32.1. The summed E-state index contributed by atoms with van der Waals surface area (Å²) in [5.74, 6) is 8.05. The lowest BCUT2D eigenvalue weighted by Crippen LogP contribution is -2.42. The van der Waals surface area contributed by atoms with E-state index in [-0.39, 0.29) is 17.9 Å². The van der Waals surface area contributed by atoms with Crippen molar-refractivity contribution in [3.8, 4) is 17.6 Å². The van der Waals surface area contributed by atoms with Crippen molar-refractivity contribution in [2.24, 2.45) is 17.8 Å². The molecule has 28 heavy (non-hydrogen) atoms. The van der Waals surface area contributed by atoms with Crippen molar-refractivity contribution in [3.05, 3.63) is 10.9 Å². The molecule has 0 aliphatic heterocycles. The molecule has 2 aliphatic carbocycles. The molecule has 2 saturated carbocycles. The van der Waals surface area contributed by atoms with Crippen molar-refractivity contribution in [1.82, 2.24) is 0 Å². The number of ether oxygens (including phenoxy) is 2. The van der Waals surface area contributed by atoms with Crippen molar-refractivity contribution in [1.29, 1.82) is 0 Å². The fourth-order valence-corrected chi connectivity index (χ4v) is 4.58. The van der Waals surface area contributed by atoms with Crippen LogP contribution in [-0.2, 0) is 9.53 Å². The van der Waals surface area contributed by atoms with Gasteiger partial charge in [-0.3, -0.25) is 9.69 Å². The molecule has 0 unspecified atom stereocenters. The third-order valence-electron chi connectivity index (χ3n) is 5.35. The van der Waals surface area contributed by atoms with Gasteiger partial charge in [-0.2, -0.15) is 0 Å². The number of hydrogen-bond donors (Lipinski definition) is 0. The van der Waals surface area contributed by atoms with Crippen molar-refractivity contribution < 1.29 is 19.1 Å². The summed E-state index contributed by atoms with van der Waals surface area (Å²) in [4.78, 5) is 27.7. The molecule has 1 aromatic heterocycles. The minimum absolute atomic E-state index is 0.0210.